The molecule has 1 saturated carbocycles. The molecule has 0 aromatic heterocycles. The van der Waals surface area contributed by atoms with E-state index in [1.165, 1.54) is 0 Å². The summed E-state index contributed by atoms with van der Waals surface area (Å²) in [6.07, 6.45) is 9.75. The Bertz CT molecular complexity index is 803. The fourth-order valence-electron chi connectivity index (χ4n) is 4.94. The molecule has 1 aromatic carbocycles. The zero-order valence-corrected chi connectivity index (χ0v) is 18.9. The average Bonchev–Trinajstić information content (AvgIpc) is 3.28. The van der Waals surface area contributed by atoms with Gasteiger partial charge in [-0.2, -0.15) is 0 Å². The van der Waals surface area contributed by atoms with E-state index in [0.717, 1.165) is 24.8 Å². The van der Waals surface area contributed by atoms with Crippen LogP contribution in [0.2, 0.25) is 0 Å². The predicted octanol–water partition coefficient (Wildman–Crippen LogP) is 4.63. The van der Waals surface area contributed by atoms with Gasteiger partial charge in [-0.05, 0) is 56.9 Å². The molecular formula is C26H35NO5. The topological polar surface area (TPSA) is 92.7 Å². The van der Waals surface area contributed by atoms with Gasteiger partial charge in [0.1, 0.15) is 6.61 Å². The normalized spacial score (nSPS) is 22.8. The van der Waals surface area contributed by atoms with Crippen LogP contribution in [0.4, 0.5) is 0 Å². The minimum atomic E-state index is -0.819. The summed E-state index contributed by atoms with van der Waals surface area (Å²) in [4.78, 5) is 37.4. The molecule has 174 valence electrons. The van der Waals surface area contributed by atoms with Crippen LogP contribution in [0, 0.1) is 17.3 Å². The molecule has 1 amide bonds. The van der Waals surface area contributed by atoms with Crippen molar-refractivity contribution >= 4 is 17.8 Å². The molecule has 6 nitrogen and oxygen atoms in total. The molecule has 0 saturated heterocycles. The van der Waals surface area contributed by atoms with Crippen molar-refractivity contribution in [2.24, 2.45) is 17.3 Å². The summed E-state index contributed by atoms with van der Waals surface area (Å²) in [5, 5.41) is 12.8. The summed E-state index contributed by atoms with van der Waals surface area (Å²) in [6, 6.07) is 9.66. The summed E-state index contributed by atoms with van der Waals surface area (Å²) in [6.45, 7) is 2.26. The van der Waals surface area contributed by atoms with Crippen molar-refractivity contribution in [3.63, 3.8) is 0 Å². The van der Waals surface area contributed by atoms with E-state index in [1.54, 1.807) is 0 Å². The number of nitrogens with one attached hydrogen (secondary N) is 1. The standard InChI is InChI=1S/C26H35NO5/c1-2-8-21(23(28)29)17-26(15-6-7-16-26)25(31)27-22-13-11-20(12-14-22)24(30)32-18-19-9-4-3-5-10-19/h3-7,9-10,20-22H,2,8,11-18H2,1H3,(H,27,31)(H,28,29). The summed E-state index contributed by atoms with van der Waals surface area (Å²) >= 11 is 0. The first kappa shape index (κ1) is 24.0. The van der Waals surface area contributed by atoms with E-state index in [9.17, 15) is 19.5 Å². The van der Waals surface area contributed by atoms with Gasteiger partial charge in [-0.1, -0.05) is 55.8 Å². The molecule has 0 radical (unpaired) electrons. The molecule has 1 atom stereocenters. The number of hydrogen-bond donors (Lipinski definition) is 2. The van der Waals surface area contributed by atoms with Gasteiger partial charge in [0, 0.05) is 6.04 Å². The molecular weight excluding hydrogens is 406 g/mol. The molecule has 1 unspecified atom stereocenters. The number of benzene rings is 1. The lowest BCUT2D eigenvalue weighted by Gasteiger charge is -2.34. The van der Waals surface area contributed by atoms with E-state index < -0.39 is 17.3 Å². The third-order valence-corrected chi connectivity index (χ3v) is 6.91. The first-order valence-electron chi connectivity index (χ1n) is 11.8. The van der Waals surface area contributed by atoms with Crippen LogP contribution in [-0.2, 0) is 25.7 Å². The molecule has 0 aliphatic heterocycles. The SMILES string of the molecule is CCCC(CC1(C(=O)NC2CCC(C(=O)OCc3ccccc3)CC2)CC=CC1)C(=O)O. The Morgan fingerprint density at radius 1 is 1.09 bits per heavy atom. The van der Waals surface area contributed by atoms with E-state index in [0.29, 0.717) is 38.5 Å². The number of aliphatic carboxylic acids is 1. The van der Waals surface area contributed by atoms with Gasteiger partial charge in [-0.25, -0.2) is 0 Å². The van der Waals surface area contributed by atoms with Crippen LogP contribution in [0.5, 0.6) is 0 Å². The lowest BCUT2D eigenvalue weighted by atomic mass is 9.74. The highest BCUT2D eigenvalue weighted by molar-refractivity contribution is 5.85. The summed E-state index contributed by atoms with van der Waals surface area (Å²) in [5.74, 6) is -1.66. The number of rotatable bonds is 10. The molecule has 6 heteroatoms. The van der Waals surface area contributed by atoms with Gasteiger partial charge in [0.25, 0.3) is 0 Å². The maximum Gasteiger partial charge on any atom is 0.309 e. The fraction of sp³-hybridized carbons (Fsp3) is 0.577. The highest BCUT2D eigenvalue weighted by Crippen LogP contribution is 2.41. The number of hydrogen-bond acceptors (Lipinski definition) is 4. The molecule has 2 aliphatic carbocycles. The molecule has 2 N–H and O–H groups in total. The smallest absolute Gasteiger partial charge is 0.309 e. The highest BCUT2D eigenvalue weighted by Gasteiger charge is 2.43. The maximum atomic E-state index is 13.2. The van der Waals surface area contributed by atoms with Crippen molar-refractivity contribution in [3.05, 3.63) is 48.0 Å². The lowest BCUT2D eigenvalue weighted by Crippen LogP contribution is -2.47. The number of carbonyl (C=O) groups is 3. The van der Waals surface area contributed by atoms with Crippen LogP contribution >= 0.6 is 0 Å². The Kier molecular flexibility index (Phi) is 8.48. The van der Waals surface area contributed by atoms with Gasteiger partial charge in [-0.3, -0.25) is 14.4 Å². The van der Waals surface area contributed by atoms with Crippen molar-refractivity contribution in [2.75, 3.05) is 0 Å². The zero-order chi connectivity index (χ0) is 23.0. The molecule has 2 aliphatic rings. The number of carbonyl (C=O) groups excluding carboxylic acids is 2. The Labute approximate surface area is 190 Å². The monoisotopic (exact) mass is 441 g/mol. The highest BCUT2D eigenvalue weighted by atomic mass is 16.5. The second-order valence-corrected chi connectivity index (χ2v) is 9.30. The van der Waals surface area contributed by atoms with Crippen molar-refractivity contribution in [1.82, 2.24) is 5.32 Å². The van der Waals surface area contributed by atoms with Gasteiger partial charge in [-0.15, -0.1) is 0 Å². The van der Waals surface area contributed by atoms with Gasteiger partial charge in [0.15, 0.2) is 0 Å². The van der Waals surface area contributed by atoms with Crippen molar-refractivity contribution in [2.45, 2.75) is 77.4 Å². The number of esters is 1. The van der Waals surface area contributed by atoms with E-state index in [-0.39, 0.29) is 30.4 Å². The molecule has 32 heavy (non-hydrogen) atoms. The molecule has 1 aromatic rings. The number of ether oxygens (including phenoxy) is 1. The van der Waals surface area contributed by atoms with Crippen molar-refractivity contribution in [3.8, 4) is 0 Å². The molecule has 0 bridgehead atoms. The number of carboxylic acids is 1. The van der Waals surface area contributed by atoms with Crippen LogP contribution in [0.1, 0.15) is 70.3 Å². The van der Waals surface area contributed by atoms with Crippen molar-refractivity contribution < 1.29 is 24.2 Å². The average molecular weight is 442 g/mol. The van der Waals surface area contributed by atoms with Crippen LogP contribution in [0.15, 0.2) is 42.5 Å². The Hall–Kier alpha value is -2.63. The molecule has 0 spiro atoms. The molecule has 3 rings (SSSR count). The zero-order valence-electron chi connectivity index (χ0n) is 18.9. The van der Waals surface area contributed by atoms with E-state index in [4.69, 9.17) is 4.74 Å². The van der Waals surface area contributed by atoms with E-state index >= 15 is 0 Å². The first-order chi connectivity index (χ1) is 15.4. The number of amides is 1. The third-order valence-electron chi connectivity index (χ3n) is 6.91. The third kappa shape index (κ3) is 6.21. The number of allylic oxidation sites excluding steroid dienone is 2. The summed E-state index contributed by atoms with van der Waals surface area (Å²) in [5.41, 5.74) is 0.309. The predicted molar refractivity (Wildman–Crippen MR) is 122 cm³/mol. The second kappa shape index (κ2) is 11.3. The Morgan fingerprint density at radius 2 is 1.75 bits per heavy atom. The Balaban J connectivity index is 1.49. The van der Waals surface area contributed by atoms with Crippen LogP contribution in [0.25, 0.3) is 0 Å². The first-order valence-corrected chi connectivity index (χ1v) is 11.8. The molecule has 0 heterocycles. The second-order valence-electron chi connectivity index (χ2n) is 9.30. The largest absolute Gasteiger partial charge is 0.481 e. The van der Waals surface area contributed by atoms with Gasteiger partial charge in [0.05, 0.1) is 17.3 Å². The van der Waals surface area contributed by atoms with Crippen LogP contribution in [0.3, 0.4) is 0 Å². The van der Waals surface area contributed by atoms with Crippen LogP contribution < -0.4 is 5.32 Å². The maximum absolute atomic E-state index is 13.2. The quantitative estimate of drug-likeness (QED) is 0.408. The van der Waals surface area contributed by atoms with Gasteiger partial charge in [0.2, 0.25) is 5.91 Å². The van der Waals surface area contributed by atoms with E-state index in [2.05, 4.69) is 5.32 Å². The fourth-order valence-corrected chi connectivity index (χ4v) is 4.94. The van der Waals surface area contributed by atoms with Gasteiger partial charge >= 0.3 is 11.9 Å². The summed E-state index contributed by atoms with van der Waals surface area (Å²) < 4.78 is 5.48. The lowest BCUT2D eigenvalue weighted by molar-refractivity contribution is -0.151. The van der Waals surface area contributed by atoms with E-state index in [1.807, 2.05) is 49.4 Å². The minimum Gasteiger partial charge on any atom is -0.481 e. The minimum absolute atomic E-state index is 0.0209. The molecule has 1 fully saturated rings. The Morgan fingerprint density at radius 3 is 2.34 bits per heavy atom. The van der Waals surface area contributed by atoms with Crippen molar-refractivity contribution in [1.29, 1.82) is 0 Å². The van der Waals surface area contributed by atoms with Gasteiger partial charge < -0.3 is 15.2 Å². The number of carboxylic acid groups (broad SMARTS) is 1. The summed E-state index contributed by atoms with van der Waals surface area (Å²) in [7, 11) is 0. The van der Waals surface area contributed by atoms with Crippen LogP contribution in [-0.4, -0.2) is 29.0 Å².